The second-order valence-electron chi connectivity index (χ2n) is 4.75. The van der Waals surface area contributed by atoms with Gasteiger partial charge < -0.3 is 10.4 Å². The number of anilines is 1. The van der Waals surface area contributed by atoms with E-state index in [-0.39, 0.29) is 0 Å². The van der Waals surface area contributed by atoms with E-state index in [1.165, 1.54) is 11.1 Å². The molecular weight excluding hydrogens is 258 g/mol. The van der Waals surface area contributed by atoms with E-state index in [1.807, 2.05) is 18.2 Å². The van der Waals surface area contributed by atoms with Gasteiger partial charge in [-0.1, -0.05) is 29.8 Å². The van der Waals surface area contributed by atoms with Gasteiger partial charge in [0.2, 0.25) is 0 Å². The van der Waals surface area contributed by atoms with Crippen molar-refractivity contribution in [2.45, 2.75) is 20.0 Å². The van der Waals surface area contributed by atoms with Crippen molar-refractivity contribution < 1.29 is 5.11 Å². The fourth-order valence-electron chi connectivity index (χ4n) is 1.87. The lowest BCUT2D eigenvalue weighted by atomic mass is 10.1. The third-order valence-corrected chi connectivity index (χ3v) is 3.51. The predicted molar refractivity (Wildman–Crippen MR) is 80.8 cm³/mol. The van der Waals surface area contributed by atoms with Gasteiger partial charge in [0.15, 0.2) is 0 Å². The fourth-order valence-corrected chi connectivity index (χ4v) is 1.99. The van der Waals surface area contributed by atoms with Gasteiger partial charge in [0.05, 0.1) is 6.10 Å². The van der Waals surface area contributed by atoms with Gasteiger partial charge in [0.1, 0.15) is 0 Å². The molecule has 2 rings (SSSR count). The topological polar surface area (TPSA) is 32.3 Å². The van der Waals surface area contributed by atoms with Crippen LogP contribution < -0.4 is 5.32 Å². The molecule has 0 radical (unpaired) electrons. The number of hydrogen-bond acceptors (Lipinski definition) is 2. The third-order valence-electron chi connectivity index (χ3n) is 3.26. The number of benzene rings is 2. The molecule has 3 heteroatoms. The highest BCUT2D eigenvalue weighted by Gasteiger charge is 2.07. The molecule has 2 N–H and O–H groups in total. The number of aliphatic hydroxyl groups is 1. The minimum Gasteiger partial charge on any atom is -0.387 e. The molecule has 0 heterocycles. The van der Waals surface area contributed by atoms with Crippen molar-refractivity contribution in [2.24, 2.45) is 0 Å². The van der Waals surface area contributed by atoms with Crippen LogP contribution in [0.1, 0.15) is 22.8 Å². The number of aryl methyl sites for hydroxylation is 2. The first-order valence-electron chi connectivity index (χ1n) is 6.31. The highest BCUT2D eigenvalue weighted by molar-refractivity contribution is 6.30. The van der Waals surface area contributed by atoms with Crippen molar-refractivity contribution >= 4 is 17.3 Å². The summed E-state index contributed by atoms with van der Waals surface area (Å²) in [5.41, 5.74) is 4.40. The molecular formula is C16H18ClNO. The predicted octanol–water partition coefficient (Wildman–Crippen LogP) is 4.10. The molecule has 1 atom stereocenters. The first-order valence-corrected chi connectivity index (χ1v) is 6.69. The molecule has 0 bridgehead atoms. The Balaban J connectivity index is 1.98. The second kappa shape index (κ2) is 6.09. The summed E-state index contributed by atoms with van der Waals surface area (Å²) in [4.78, 5) is 0. The summed E-state index contributed by atoms with van der Waals surface area (Å²) in [7, 11) is 0. The SMILES string of the molecule is Cc1ccc(NCC(O)c2ccc(Cl)cc2)cc1C. The molecule has 0 fully saturated rings. The maximum Gasteiger partial charge on any atom is 0.0962 e. The summed E-state index contributed by atoms with van der Waals surface area (Å²) in [6, 6.07) is 13.4. The Bertz CT molecular complexity index is 551. The maximum absolute atomic E-state index is 10.1. The standard InChI is InChI=1S/C16H18ClNO/c1-11-3-8-15(9-12(11)2)18-10-16(19)13-4-6-14(17)7-5-13/h3-9,16,18-19H,10H2,1-2H3. The fraction of sp³-hybridized carbons (Fsp3) is 0.250. The van der Waals surface area contributed by atoms with Crippen LogP contribution in [0.3, 0.4) is 0 Å². The molecule has 2 aromatic carbocycles. The zero-order chi connectivity index (χ0) is 13.8. The van der Waals surface area contributed by atoms with E-state index in [1.54, 1.807) is 12.1 Å². The quantitative estimate of drug-likeness (QED) is 0.880. The van der Waals surface area contributed by atoms with Crippen LogP contribution in [-0.4, -0.2) is 11.7 Å². The number of nitrogens with one attached hydrogen (secondary N) is 1. The summed E-state index contributed by atoms with van der Waals surface area (Å²) >= 11 is 5.82. The van der Waals surface area contributed by atoms with E-state index < -0.39 is 6.10 Å². The Morgan fingerprint density at radius 3 is 2.37 bits per heavy atom. The Kier molecular flexibility index (Phi) is 4.46. The van der Waals surface area contributed by atoms with Crippen molar-refractivity contribution in [1.29, 1.82) is 0 Å². The van der Waals surface area contributed by atoms with Crippen molar-refractivity contribution in [2.75, 3.05) is 11.9 Å². The van der Waals surface area contributed by atoms with Crippen LogP contribution in [0.25, 0.3) is 0 Å². The molecule has 19 heavy (non-hydrogen) atoms. The molecule has 0 spiro atoms. The van der Waals surface area contributed by atoms with Crippen LogP contribution in [-0.2, 0) is 0 Å². The van der Waals surface area contributed by atoms with Crippen LogP contribution in [0.4, 0.5) is 5.69 Å². The zero-order valence-electron chi connectivity index (χ0n) is 11.2. The highest BCUT2D eigenvalue weighted by atomic mass is 35.5. The number of rotatable bonds is 4. The minimum atomic E-state index is -0.543. The normalized spacial score (nSPS) is 12.2. The van der Waals surface area contributed by atoms with Gasteiger partial charge in [-0.2, -0.15) is 0 Å². The average Bonchev–Trinajstić information content (AvgIpc) is 2.40. The molecule has 2 aromatic rings. The van der Waals surface area contributed by atoms with Gasteiger partial charge in [-0.25, -0.2) is 0 Å². The number of aliphatic hydroxyl groups excluding tert-OH is 1. The Morgan fingerprint density at radius 2 is 1.74 bits per heavy atom. The van der Waals surface area contributed by atoms with Gasteiger partial charge >= 0.3 is 0 Å². The monoisotopic (exact) mass is 275 g/mol. The van der Waals surface area contributed by atoms with E-state index in [9.17, 15) is 5.11 Å². The first-order chi connectivity index (χ1) is 9.06. The Labute approximate surface area is 119 Å². The van der Waals surface area contributed by atoms with Crippen LogP contribution >= 0.6 is 11.6 Å². The third kappa shape index (κ3) is 3.72. The highest BCUT2D eigenvalue weighted by Crippen LogP contribution is 2.18. The largest absolute Gasteiger partial charge is 0.387 e. The van der Waals surface area contributed by atoms with Gasteiger partial charge in [-0.05, 0) is 54.8 Å². The lowest BCUT2D eigenvalue weighted by Crippen LogP contribution is -2.12. The van der Waals surface area contributed by atoms with Crippen molar-refractivity contribution in [3.8, 4) is 0 Å². The summed E-state index contributed by atoms with van der Waals surface area (Å²) in [5.74, 6) is 0. The first kappa shape index (κ1) is 13.9. The number of hydrogen-bond donors (Lipinski definition) is 2. The second-order valence-corrected chi connectivity index (χ2v) is 5.18. The molecule has 0 aliphatic rings. The summed E-state index contributed by atoms with van der Waals surface area (Å²) in [5, 5.41) is 14.0. The molecule has 0 amide bonds. The van der Waals surface area contributed by atoms with Crippen LogP contribution in [0.15, 0.2) is 42.5 Å². The van der Waals surface area contributed by atoms with Crippen LogP contribution in [0.2, 0.25) is 5.02 Å². The molecule has 0 aliphatic carbocycles. The van der Waals surface area contributed by atoms with Crippen molar-refractivity contribution in [3.63, 3.8) is 0 Å². The zero-order valence-corrected chi connectivity index (χ0v) is 11.9. The molecule has 1 unspecified atom stereocenters. The van der Waals surface area contributed by atoms with Crippen molar-refractivity contribution in [3.05, 3.63) is 64.2 Å². The maximum atomic E-state index is 10.1. The molecule has 2 nitrogen and oxygen atoms in total. The van der Waals surface area contributed by atoms with E-state index in [2.05, 4.69) is 31.3 Å². The molecule has 100 valence electrons. The van der Waals surface area contributed by atoms with Crippen LogP contribution in [0.5, 0.6) is 0 Å². The number of halogens is 1. The molecule has 0 aromatic heterocycles. The van der Waals surface area contributed by atoms with Crippen LogP contribution in [0, 0.1) is 13.8 Å². The van der Waals surface area contributed by atoms with E-state index in [0.29, 0.717) is 11.6 Å². The smallest absolute Gasteiger partial charge is 0.0962 e. The molecule has 0 saturated heterocycles. The minimum absolute atomic E-state index is 0.476. The van der Waals surface area contributed by atoms with Gasteiger partial charge in [0, 0.05) is 17.3 Å². The van der Waals surface area contributed by atoms with Crippen molar-refractivity contribution in [1.82, 2.24) is 0 Å². The van der Waals surface area contributed by atoms with E-state index in [0.717, 1.165) is 11.3 Å². The lowest BCUT2D eigenvalue weighted by molar-refractivity contribution is 0.191. The van der Waals surface area contributed by atoms with Gasteiger partial charge in [0.25, 0.3) is 0 Å². The summed E-state index contributed by atoms with van der Waals surface area (Å²) in [6.07, 6.45) is -0.543. The summed E-state index contributed by atoms with van der Waals surface area (Å²) < 4.78 is 0. The summed E-state index contributed by atoms with van der Waals surface area (Å²) in [6.45, 7) is 4.64. The van der Waals surface area contributed by atoms with Gasteiger partial charge in [-0.15, -0.1) is 0 Å². The van der Waals surface area contributed by atoms with E-state index >= 15 is 0 Å². The Hall–Kier alpha value is -1.51. The lowest BCUT2D eigenvalue weighted by Gasteiger charge is -2.14. The average molecular weight is 276 g/mol. The molecule has 0 saturated carbocycles. The van der Waals surface area contributed by atoms with E-state index in [4.69, 9.17) is 11.6 Å². The Morgan fingerprint density at radius 1 is 1.05 bits per heavy atom. The van der Waals surface area contributed by atoms with Gasteiger partial charge in [-0.3, -0.25) is 0 Å². The molecule has 0 aliphatic heterocycles.